The van der Waals surface area contributed by atoms with Crippen molar-refractivity contribution in [3.05, 3.63) is 18.2 Å². The zero-order valence-electron chi connectivity index (χ0n) is 8.86. The van der Waals surface area contributed by atoms with Gasteiger partial charge in [-0.05, 0) is 18.8 Å². The molecule has 0 unspecified atom stereocenters. The second-order valence-electron chi connectivity index (χ2n) is 4.18. The standard InChI is InChI=1S/C11H17ClN2.ClH/c12-6-11-7-13-9-14(11)8-10-4-2-1-3-5-10;/h7,9-10H,1-6,8H2;1H. The summed E-state index contributed by atoms with van der Waals surface area (Å²) in [6.45, 7) is 1.11. The summed E-state index contributed by atoms with van der Waals surface area (Å²) in [5, 5.41) is 0. The number of rotatable bonds is 3. The van der Waals surface area contributed by atoms with Crippen LogP contribution in [0.1, 0.15) is 37.8 Å². The lowest BCUT2D eigenvalue weighted by Crippen LogP contribution is -2.14. The van der Waals surface area contributed by atoms with Crippen LogP contribution in [0.2, 0.25) is 0 Å². The number of hydrogen-bond donors (Lipinski definition) is 0. The van der Waals surface area contributed by atoms with Crippen molar-refractivity contribution in [1.82, 2.24) is 9.55 Å². The van der Waals surface area contributed by atoms with Gasteiger partial charge in [-0.25, -0.2) is 4.98 Å². The molecule has 0 bridgehead atoms. The zero-order valence-corrected chi connectivity index (χ0v) is 10.4. The molecule has 1 aliphatic carbocycles. The number of halogens is 2. The Morgan fingerprint density at radius 3 is 2.73 bits per heavy atom. The van der Waals surface area contributed by atoms with Crippen molar-refractivity contribution in [2.75, 3.05) is 0 Å². The van der Waals surface area contributed by atoms with E-state index in [0.717, 1.165) is 18.2 Å². The Labute approximate surface area is 102 Å². The van der Waals surface area contributed by atoms with Crippen molar-refractivity contribution in [2.24, 2.45) is 5.92 Å². The predicted octanol–water partition coefficient (Wildman–Crippen LogP) is 3.62. The number of imidazole rings is 1. The fraction of sp³-hybridized carbons (Fsp3) is 0.727. The third-order valence-corrected chi connectivity index (χ3v) is 3.39. The molecule has 1 saturated carbocycles. The molecule has 2 nitrogen and oxygen atoms in total. The van der Waals surface area contributed by atoms with E-state index >= 15 is 0 Å². The van der Waals surface area contributed by atoms with E-state index in [1.54, 1.807) is 0 Å². The summed E-state index contributed by atoms with van der Waals surface area (Å²) >= 11 is 5.83. The van der Waals surface area contributed by atoms with Crippen molar-refractivity contribution in [2.45, 2.75) is 44.5 Å². The van der Waals surface area contributed by atoms with Gasteiger partial charge in [-0.15, -0.1) is 24.0 Å². The Morgan fingerprint density at radius 2 is 2.07 bits per heavy atom. The molecule has 0 spiro atoms. The molecule has 1 aliphatic rings. The molecule has 1 fully saturated rings. The fourth-order valence-corrected chi connectivity index (χ4v) is 2.49. The fourth-order valence-electron chi connectivity index (χ4n) is 2.27. The number of hydrogen-bond acceptors (Lipinski definition) is 1. The number of aromatic nitrogens is 2. The van der Waals surface area contributed by atoms with E-state index in [4.69, 9.17) is 11.6 Å². The molecule has 0 radical (unpaired) electrons. The van der Waals surface area contributed by atoms with Crippen molar-refractivity contribution < 1.29 is 0 Å². The normalized spacial score (nSPS) is 17.4. The van der Waals surface area contributed by atoms with Crippen LogP contribution >= 0.6 is 24.0 Å². The molecule has 86 valence electrons. The van der Waals surface area contributed by atoms with Crippen molar-refractivity contribution in [3.63, 3.8) is 0 Å². The van der Waals surface area contributed by atoms with Crippen LogP contribution in [0.25, 0.3) is 0 Å². The first-order valence-electron chi connectivity index (χ1n) is 5.45. The van der Waals surface area contributed by atoms with Gasteiger partial charge in [0, 0.05) is 12.7 Å². The van der Waals surface area contributed by atoms with Crippen LogP contribution in [0.3, 0.4) is 0 Å². The van der Waals surface area contributed by atoms with Crippen LogP contribution in [0, 0.1) is 5.92 Å². The van der Waals surface area contributed by atoms with E-state index in [0.29, 0.717) is 5.88 Å². The second-order valence-corrected chi connectivity index (χ2v) is 4.44. The first-order valence-corrected chi connectivity index (χ1v) is 5.98. The molecule has 1 aromatic heterocycles. The number of nitrogens with zero attached hydrogens (tertiary/aromatic N) is 2. The molecule has 4 heteroatoms. The summed E-state index contributed by atoms with van der Waals surface area (Å²) in [5.41, 5.74) is 1.15. The highest BCUT2D eigenvalue weighted by Gasteiger charge is 2.14. The number of alkyl halides is 1. The molecule has 0 saturated heterocycles. The van der Waals surface area contributed by atoms with E-state index in [1.165, 1.54) is 32.1 Å². The quantitative estimate of drug-likeness (QED) is 0.748. The monoisotopic (exact) mass is 248 g/mol. The van der Waals surface area contributed by atoms with E-state index in [9.17, 15) is 0 Å². The van der Waals surface area contributed by atoms with Gasteiger partial charge in [-0.2, -0.15) is 0 Å². The highest BCUT2D eigenvalue weighted by atomic mass is 35.5. The van der Waals surface area contributed by atoms with Crippen LogP contribution in [-0.2, 0) is 12.4 Å². The maximum atomic E-state index is 5.83. The molecule has 0 aliphatic heterocycles. The molecular formula is C11H18Cl2N2. The Balaban J connectivity index is 0.00000112. The molecular weight excluding hydrogens is 231 g/mol. The van der Waals surface area contributed by atoms with Crippen molar-refractivity contribution >= 4 is 24.0 Å². The van der Waals surface area contributed by atoms with Gasteiger partial charge in [-0.3, -0.25) is 0 Å². The highest BCUT2D eigenvalue weighted by Crippen LogP contribution is 2.25. The van der Waals surface area contributed by atoms with Crippen LogP contribution in [-0.4, -0.2) is 9.55 Å². The van der Waals surface area contributed by atoms with Gasteiger partial charge >= 0.3 is 0 Å². The van der Waals surface area contributed by atoms with Gasteiger partial charge in [0.1, 0.15) is 0 Å². The minimum absolute atomic E-state index is 0. The first kappa shape index (κ1) is 12.9. The average molecular weight is 249 g/mol. The lowest BCUT2D eigenvalue weighted by atomic mass is 9.89. The van der Waals surface area contributed by atoms with E-state index in [1.807, 2.05) is 12.5 Å². The maximum Gasteiger partial charge on any atom is 0.0948 e. The van der Waals surface area contributed by atoms with Crippen molar-refractivity contribution in [1.29, 1.82) is 0 Å². The van der Waals surface area contributed by atoms with Crippen LogP contribution in [0.4, 0.5) is 0 Å². The summed E-state index contributed by atoms with van der Waals surface area (Å²) in [5.74, 6) is 1.42. The smallest absolute Gasteiger partial charge is 0.0948 e. The van der Waals surface area contributed by atoms with Gasteiger partial charge in [-0.1, -0.05) is 19.3 Å². The molecule has 1 heterocycles. The molecule has 1 aromatic rings. The van der Waals surface area contributed by atoms with Crippen molar-refractivity contribution in [3.8, 4) is 0 Å². The Kier molecular flexibility index (Phi) is 5.48. The Bertz CT molecular complexity index is 280. The molecule has 2 rings (SSSR count). The van der Waals surface area contributed by atoms with Gasteiger partial charge in [0.25, 0.3) is 0 Å². The lowest BCUT2D eigenvalue weighted by Gasteiger charge is -2.22. The predicted molar refractivity (Wildman–Crippen MR) is 65.6 cm³/mol. The third kappa shape index (κ3) is 3.39. The summed E-state index contributed by atoms with van der Waals surface area (Å²) in [4.78, 5) is 4.14. The summed E-state index contributed by atoms with van der Waals surface area (Å²) in [6, 6.07) is 0. The van der Waals surface area contributed by atoms with Gasteiger partial charge in [0.05, 0.1) is 17.9 Å². The second kappa shape index (κ2) is 6.39. The third-order valence-electron chi connectivity index (χ3n) is 3.12. The molecule has 0 N–H and O–H groups in total. The van der Waals surface area contributed by atoms with E-state index in [-0.39, 0.29) is 12.4 Å². The molecule has 0 aromatic carbocycles. The molecule has 15 heavy (non-hydrogen) atoms. The Morgan fingerprint density at radius 1 is 1.33 bits per heavy atom. The summed E-state index contributed by atoms with van der Waals surface area (Å²) < 4.78 is 2.21. The average Bonchev–Trinajstić information content (AvgIpc) is 2.67. The van der Waals surface area contributed by atoms with E-state index < -0.39 is 0 Å². The van der Waals surface area contributed by atoms with Crippen LogP contribution in [0.15, 0.2) is 12.5 Å². The molecule has 0 amide bonds. The van der Waals surface area contributed by atoms with Gasteiger partial charge in [0.15, 0.2) is 0 Å². The largest absolute Gasteiger partial charge is 0.333 e. The highest BCUT2D eigenvalue weighted by molar-refractivity contribution is 6.16. The molecule has 0 atom stereocenters. The van der Waals surface area contributed by atoms with Gasteiger partial charge < -0.3 is 4.57 Å². The topological polar surface area (TPSA) is 17.8 Å². The Hall–Kier alpha value is -0.210. The van der Waals surface area contributed by atoms with E-state index in [2.05, 4.69) is 9.55 Å². The lowest BCUT2D eigenvalue weighted by molar-refractivity contribution is 0.317. The maximum absolute atomic E-state index is 5.83. The van der Waals surface area contributed by atoms with Crippen LogP contribution < -0.4 is 0 Å². The minimum Gasteiger partial charge on any atom is -0.333 e. The zero-order chi connectivity index (χ0) is 9.80. The minimum atomic E-state index is 0. The first-order chi connectivity index (χ1) is 6.90. The van der Waals surface area contributed by atoms with Crippen LogP contribution in [0.5, 0.6) is 0 Å². The summed E-state index contributed by atoms with van der Waals surface area (Å²) in [6.07, 6.45) is 10.7. The van der Waals surface area contributed by atoms with Gasteiger partial charge in [0.2, 0.25) is 0 Å². The summed E-state index contributed by atoms with van der Waals surface area (Å²) in [7, 11) is 0. The SMILES string of the molecule is Cl.ClCc1cncn1CC1CCCCC1.